The highest BCUT2D eigenvalue weighted by Crippen LogP contribution is 2.03. The van der Waals surface area contributed by atoms with Gasteiger partial charge in [0.25, 0.3) is 0 Å². The van der Waals surface area contributed by atoms with Crippen molar-refractivity contribution in [2.24, 2.45) is 7.05 Å². The number of hydrogen-bond donors (Lipinski definition) is 1. The number of aromatic nitrogens is 2. The van der Waals surface area contributed by atoms with Gasteiger partial charge in [0.05, 0.1) is 12.2 Å². The summed E-state index contributed by atoms with van der Waals surface area (Å²) in [5.41, 5.74) is 2.15. The van der Waals surface area contributed by atoms with Crippen LogP contribution in [0.3, 0.4) is 0 Å². The molecule has 0 bridgehead atoms. The van der Waals surface area contributed by atoms with Gasteiger partial charge in [-0.2, -0.15) is 5.10 Å². The van der Waals surface area contributed by atoms with Crippen LogP contribution in [0.4, 0.5) is 0 Å². The minimum absolute atomic E-state index is 0.150. The van der Waals surface area contributed by atoms with E-state index in [1.807, 2.05) is 38.9 Å². The molecule has 0 saturated heterocycles. The van der Waals surface area contributed by atoms with Crippen LogP contribution in [0.15, 0.2) is 6.20 Å². The fourth-order valence-corrected chi connectivity index (χ4v) is 1.81. The summed E-state index contributed by atoms with van der Waals surface area (Å²) < 4.78 is 1.79. The van der Waals surface area contributed by atoms with E-state index in [0.29, 0.717) is 13.1 Å². The average molecular weight is 238 g/mol. The van der Waals surface area contributed by atoms with Crippen LogP contribution in [-0.4, -0.2) is 40.2 Å². The number of likely N-dealkylation sites (N-methyl/N-ethyl adjacent to an activating group) is 1. The Bertz CT molecular complexity index is 369. The first-order chi connectivity index (χ1) is 8.08. The predicted molar refractivity (Wildman–Crippen MR) is 67.6 cm³/mol. The summed E-state index contributed by atoms with van der Waals surface area (Å²) in [7, 11) is 1.90. The molecule has 0 unspecified atom stereocenters. The van der Waals surface area contributed by atoms with E-state index in [-0.39, 0.29) is 5.91 Å². The molecule has 0 fully saturated rings. The molecule has 96 valence electrons. The van der Waals surface area contributed by atoms with E-state index in [4.69, 9.17) is 0 Å². The van der Waals surface area contributed by atoms with E-state index in [9.17, 15) is 4.79 Å². The van der Waals surface area contributed by atoms with Gasteiger partial charge >= 0.3 is 0 Å². The molecule has 0 saturated carbocycles. The van der Waals surface area contributed by atoms with Crippen LogP contribution < -0.4 is 5.32 Å². The molecule has 1 aromatic heterocycles. The fourth-order valence-electron chi connectivity index (χ4n) is 1.81. The Morgan fingerprint density at radius 3 is 2.59 bits per heavy atom. The smallest absolute Gasteiger partial charge is 0.236 e. The molecule has 0 atom stereocenters. The zero-order chi connectivity index (χ0) is 12.8. The third-order valence-electron chi connectivity index (χ3n) is 2.82. The number of carbonyl (C=O) groups is 1. The Hall–Kier alpha value is -1.36. The Morgan fingerprint density at radius 2 is 2.12 bits per heavy atom. The maximum absolute atomic E-state index is 11.7. The molecule has 0 spiro atoms. The summed E-state index contributed by atoms with van der Waals surface area (Å²) in [6.07, 6.45) is 1.98. The highest BCUT2D eigenvalue weighted by molar-refractivity contribution is 5.78. The van der Waals surface area contributed by atoms with Crippen molar-refractivity contribution in [2.75, 3.05) is 19.6 Å². The van der Waals surface area contributed by atoms with Crippen LogP contribution >= 0.6 is 0 Å². The number of rotatable bonds is 6. The normalized spacial score (nSPS) is 10.6. The van der Waals surface area contributed by atoms with Gasteiger partial charge in [-0.05, 0) is 20.8 Å². The molecule has 0 aliphatic carbocycles. The first-order valence-electron chi connectivity index (χ1n) is 6.06. The third-order valence-corrected chi connectivity index (χ3v) is 2.82. The number of amides is 1. The van der Waals surface area contributed by atoms with Crippen LogP contribution in [0, 0.1) is 6.92 Å². The zero-order valence-corrected chi connectivity index (χ0v) is 11.2. The second-order valence-electron chi connectivity index (χ2n) is 4.08. The Kier molecular flexibility index (Phi) is 5.15. The lowest BCUT2D eigenvalue weighted by Gasteiger charge is -2.18. The second-order valence-corrected chi connectivity index (χ2v) is 4.08. The Labute approximate surface area is 103 Å². The summed E-state index contributed by atoms with van der Waals surface area (Å²) in [6, 6.07) is 0. The largest absolute Gasteiger partial charge is 0.342 e. The summed E-state index contributed by atoms with van der Waals surface area (Å²) >= 11 is 0. The summed E-state index contributed by atoms with van der Waals surface area (Å²) in [6.45, 7) is 8.57. The molecule has 1 N–H and O–H groups in total. The zero-order valence-electron chi connectivity index (χ0n) is 11.2. The quantitative estimate of drug-likeness (QED) is 0.793. The van der Waals surface area contributed by atoms with Crippen LogP contribution in [0.2, 0.25) is 0 Å². The molecule has 1 aromatic rings. The molecule has 0 aromatic carbocycles. The highest BCUT2D eigenvalue weighted by Gasteiger charge is 2.09. The molecule has 5 nitrogen and oxygen atoms in total. The first-order valence-corrected chi connectivity index (χ1v) is 6.06. The van der Waals surface area contributed by atoms with E-state index in [1.54, 1.807) is 4.68 Å². The van der Waals surface area contributed by atoms with Gasteiger partial charge in [-0.3, -0.25) is 9.48 Å². The van der Waals surface area contributed by atoms with E-state index < -0.39 is 0 Å². The fraction of sp³-hybridized carbons (Fsp3) is 0.667. The Balaban J connectivity index is 2.37. The topological polar surface area (TPSA) is 50.2 Å². The molecule has 0 aliphatic rings. The summed E-state index contributed by atoms with van der Waals surface area (Å²) in [4.78, 5) is 13.6. The van der Waals surface area contributed by atoms with Crippen LogP contribution in [-0.2, 0) is 18.4 Å². The van der Waals surface area contributed by atoms with E-state index in [2.05, 4.69) is 10.4 Å². The molecule has 5 heteroatoms. The van der Waals surface area contributed by atoms with Crippen molar-refractivity contribution < 1.29 is 4.79 Å². The van der Waals surface area contributed by atoms with Gasteiger partial charge in [-0.1, -0.05) is 0 Å². The first kappa shape index (κ1) is 13.7. The molecule has 17 heavy (non-hydrogen) atoms. The van der Waals surface area contributed by atoms with Gasteiger partial charge in [0.1, 0.15) is 0 Å². The van der Waals surface area contributed by atoms with Crippen molar-refractivity contribution in [1.29, 1.82) is 0 Å². The van der Waals surface area contributed by atoms with Gasteiger partial charge < -0.3 is 10.2 Å². The standard InChI is InChI=1S/C12H22N4O/c1-5-16(6-2)12(17)8-13-7-11-9-15(4)14-10(11)3/h9,13H,5-8H2,1-4H3. The molecule has 0 radical (unpaired) electrons. The number of nitrogens with zero attached hydrogens (tertiary/aromatic N) is 3. The second kappa shape index (κ2) is 6.39. The Morgan fingerprint density at radius 1 is 1.47 bits per heavy atom. The maximum Gasteiger partial charge on any atom is 0.236 e. The molecular formula is C12H22N4O. The van der Waals surface area contributed by atoms with Crippen molar-refractivity contribution in [3.8, 4) is 0 Å². The summed E-state index contributed by atoms with van der Waals surface area (Å²) in [5.74, 6) is 0.150. The molecule has 0 aliphatic heterocycles. The van der Waals surface area contributed by atoms with Crippen LogP contribution in [0.5, 0.6) is 0 Å². The lowest BCUT2D eigenvalue weighted by molar-refractivity contribution is -0.129. The third kappa shape index (κ3) is 3.85. The van der Waals surface area contributed by atoms with Gasteiger partial charge in [0, 0.05) is 38.4 Å². The SMILES string of the molecule is CCN(CC)C(=O)CNCc1cn(C)nc1C. The van der Waals surface area contributed by atoms with Gasteiger partial charge in [-0.25, -0.2) is 0 Å². The minimum Gasteiger partial charge on any atom is -0.342 e. The van der Waals surface area contributed by atoms with Crippen molar-refractivity contribution >= 4 is 5.91 Å². The summed E-state index contributed by atoms with van der Waals surface area (Å²) in [5, 5.41) is 7.42. The van der Waals surface area contributed by atoms with Crippen molar-refractivity contribution in [1.82, 2.24) is 20.0 Å². The van der Waals surface area contributed by atoms with Gasteiger partial charge in [-0.15, -0.1) is 0 Å². The number of carbonyl (C=O) groups excluding carboxylic acids is 1. The molecule has 1 amide bonds. The highest BCUT2D eigenvalue weighted by atomic mass is 16.2. The van der Waals surface area contributed by atoms with Gasteiger partial charge in [0.2, 0.25) is 5.91 Å². The number of aryl methyl sites for hydroxylation is 2. The molecule has 1 rings (SSSR count). The molecule has 1 heterocycles. The lowest BCUT2D eigenvalue weighted by Crippen LogP contribution is -2.37. The lowest BCUT2D eigenvalue weighted by atomic mass is 10.2. The van der Waals surface area contributed by atoms with Crippen LogP contribution in [0.1, 0.15) is 25.1 Å². The van der Waals surface area contributed by atoms with Crippen molar-refractivity contribution in [3.63, 3.8) is 0 Å². The number of hydrogen-bond acceptors (Lipinski definition) is 3. The minimum atomic E-state index is 0.150. The molecular weight excluding hydrogens is 216 g/mol. The van der Waals surface area contributed by atoms with Crippen molar-refractivity contribution in [3.05, 3.63) is 17.5 Å². The van der Waals surface area contributed by atoms with Crippen molar-refractivity contribution in [2.45, 2.75) is 27.3 Å². The van der Waals surface area contributed by atoms with E-state index in [1.165, 1.54) is 0 Å². The monoisotopic (exact) mass is 238 g/mol. The maximum atomic E-state index is 11.7. The van der Waals surface area contributed by atoms with E-state index >= 15 is 0 Å². The predicted octanol–water partition coefficient (Wildman–Crippen LogP) is 0.687. The van der Waals surface area contributed by atoms with Gasteiger partial charge in [0.15, 0.2) is 0 Å². The average Bonchev–Trinajstić information content (AvgIpc) is 2.59. The van der Waals surface area contributed by atoms with Crippen LogP contribution in [0.25, 0.3) is 0 Å². The van der Waals surface area contributed by atoms with E-state index in [0.717, 1.165) is 24.3 Å². The number of nitrogens with one attached hydrogen (secondary N) is 1.